The van der Waals surface area contributed by atoms with Crippen molar-refractivity contribution in [2.24, 2.45) is 0 Å². The van der Waals surface area contributed by atoms with Crippen molar-refractivity contribution in [3.8, 4) is 5.75 Å². The maximum Gasteiger partial charge on any atom is 0.198 e. The zero-order valence-corrected chi connectivity index (χ0v) is 27.9. The van der Waals surface area contributed by atoms with Gasteiger partial charge in [-0.15, -0.1) is 0 Å². The number of fused-ring (bicyclic) bond motifs is 3. The van der Waals surface area contributed by atoms with Crippen LogP contribution in [0.5, 0.6) is 5.75 Å². The van der Waals surface area contributed by atoms with E-state index in [1.165, 1.54) is 36.4 Å². The third kappa shape index (κ3) is 5.39. The fourth-order valence-electron chi connectivity index (χ4n) is 7.83. The lowest BCUT2D eigenvalue weighted by atomic mass is 9.57. The van der Waals surface area contributed by atoms with Crippen molar-refractivity contribution in [2.75, 3.05) is 0 Å². The molecule has 1 saturated carbocycles. The highest BCUT2D eigenvalue weighted by Gasteiger charge is 2.67. The van der Waals surface area contributed by atoms with Gasteiger partial charge in [-0.1, -0.05) is 12.1 Å². The molecule has 0 spiro atoms. The van der Waals surface area contributed by atoms with E-state index in [-0.39, 0.29) is 46.4 Å². The fraction of sp³-hybridized carbons (Fsp3) is 0.486. The molecular weight excluding hydrogens is 652 g/mol. The summed E-state index contributed by atoms with van der Waals surface area (Å²) in [5.41, 5.74) is -7.64. The van der Waals surface area contributed by atoms with E-state index in [4.69, 9.17) is 23.7 Å². The highest BCUT2D eigenvalue weighted by Crippen LogP contribution is 2.53. The van der Waals surface area contributed by atoms with Gasteiger partial charge in [-0.2, -0.15) is 0 Å². The molecule has 1 aromatic carbocycles. The molecule has 0 aromatic heterocycles. The molecule has 13 heteroatoms. The number of Topliss-reactive ketones (excluding diaryl/α,β-unsaturated/α-hetero) is 3. The Hall–Kier alpha value is -3.95. The van der Waals surface area contributed by atoms with E-state index in [9.17, 15) is 39.3 Å². The lowest BCUT2D eigenvalue weighted by molar-refractivity contribution is -0.237. The Morgan fingerprint density at radius 2 is 1.50 bits per heavy atom. The fourth-order valence-corrected chi connectivity index (χ4v) is 7.83. The van der Waals surface area contributed by atoms with Crippen molar-refractivity contribution < 1.29 is 63.0 Å². The number of hydrogen-bond donors (Lipinski definition) is 3. The maximum absolute atomic E-state index is 14.1. The first kappa shape index (κ1) is 34.5. The molecule has 6 aliphatic rings. The van der Waals surface area contributed by atoms with Crippen LogP contribution in [0.2, 0.25) is 0 Å². The third-order valence-electron chi connectivity index (χ3n) is 10.5. The number of aromatic hydroxyl groups is 1. The molecule has 2 fully saturated rings. The number of hydrogen-bond acceptors (Lipinski definition) is 13. The molecule has 3 N–H and O–H groups in total. The Balaban J connectivity index is 1.12. The largest absolute Gasteiger partial charge is 0.507 e. The highest BCUT2D eigenvalue weighted by molar-refractivity contribution is 6.32. The summed E-state index contributed by atoms with van der Waals surface area (Å²) >= 11 is 0. The van der Waals surface area contributed by atoms with E-state index in [0.29, 0.717) is 12.8 Å². The van der Waals surface area contributed by atoms with Gasteiger partial charge in [0.25, 0.3) is 0 Å². The molecule has 1 aromatic rings. The number of phenols is 1. The molecule has 0 radical (unpaired) electrons. The Morgan fingerprint density at radius 3 is 2.16 bits per heavy atom. The van der Waals surface area contributed by atoms with Gasteiger partial charge in [0.1, 0.15) is 23.6 Å². The van der Waals surface area contributed by atoms with Crippen LogP contribution in [0.1, 0.15) is 85.8 Å². The number of phenolic OH excluding ortho intramolecular Hbond substituents is 1. The average Bonchev–Trinajstić information content (AvgIpc) is 3.05. The van der Waals surface area contributed by atoms with E-state index in [1.54, 1.807) is 33.8 Å². The zero-order chi connectivity index (χ0) is 35.9. The van der Waals surface area contributed by atoms with Gasteiger partial charge in [-0.05, 0) is 77.0 Å². The number of allylic oxidation sites excluding steroid dienone is 2. The minimum atomic E-state index is -2.79. The molecule has 0 unspecified atom stereocenters. The van der Waals surface area contributed by atoms with Crippen molar-refractivity contribution in [1.82, 2.24) is 0 Å². The van der Waals surface area contributed by atoms with Crippen molar-refractivity contribution in [2.45, 2.75) is 113 Å². The number of carbonyl (C=O) groups excluding carboxylic acids is 5. The number of rotatable bonds is 5. The predicted octanol–water partition coefficient (Wildman–Crippen LogP) is 2.60. The summed E-state index contributed by atoms with van der Waals surface area (Å²) in [6.45, 7) is 6.54. The van der Waals surface area contributed by atoms with Crippen molar-refractivity contribution in [3.05, 3.63) is 76.4 Å². The molecule has 7 rings (SSSR count). The van der Waals surface area contributed by atoms with Gasteiger partial charge in [0.15, 0.2) is 47.1 Å². The Bertz CT molecular complexity index is 1840. The molecule has 50 heavy (non-hydrogen) atoms. The topological polar surface area (TPSA) is 192 Å². The van der Waals surface area contributed by atoms with Crippen LogP contribution in [0.4, 0.5) is 0 Å². The Morgan fingerprint density at radius 1 is 0.840 bits per heavy atom. The van der Waals surface area contributed by atoms with Crippen molar-refractivity contribution in [3.63, 3.8) is 0 Å². The first-order valence-corrected chi connectivity index (χ1v) is 16.7. The second-order valence-corrected chi connectivity index (χ2v) is 14.1. The van der Waals surface area contributed by atoms with Crippen LogP contribution in [-0.4, -0.2) is 98.0 Å². The molecule has 10 atom stereocenters. The monoisotopic (exact) mass is 690 g/mol. The van der Waals surface area contributed by atoms with E-state index in [1.807, 2.05) is 0 Å². The SMILES string of the molecule is C[C@@H]1O[C@H](O[C@@]2(C)CC(=O)[C@]3(O)C4=C(C=C[C@]3(O)C2)C(=O)c2c(ccc([C@H]3CC[C@H](O[C@H]5C=CC(=O)[C@H](C)O5)[C@@H](C)O3)c2O)C4=O)C=CC1=O. The van der Waals surface area contributed by atoms with E-state index >= 15 is 0 Å². The summed E-state index contributed by atoms with van der Waals surface area (Å²) in [7, 11) is 0. The normalized spacial score (nSPS) is 39.8. The molecule has 1 saturated heterocycles. The van der Waals surface area contributed by atoms with Gasteiger partial charge in [0.05, 0.1) is 35.0 Å². The van der Waals surface area contributed by atoms with Crippen LogP contribution in [0.15, 0.2) is 59.7 Å². The summed E-state index contributed by atoms with van der Waals surface area (Å²) < 4.78 is 29.4. The quantitative estimate of drug-likeness (QED) is 0.409. The zero-order valence-electron chi connectivity index (χ0n) is 27.9. The number of ether oxygens (including phenoxy) is 5. The predicted molar refractivity (Wildman–Crippen MR) is 171 cm³/mol. The summed E-state index contributed by atoms with van der Waals surface area (Å²) in [4.78, 5) is 65.5. The lowest BCUT2D eigenvalue weighted by Gasteiger charge is -2.53. The molecule has 3 aliphatic carbocycles. The van der Waals surface area contributed by atoms with Crippen LogP contribution < -0.4 is 0 Å². The molecule has 13 nitrogen and oxygen atoms in total. The molecule has 264 valence electrons. The molecule has 3 aliphatic heterocycles. The number of benzene rings is 1. The number of aliphatic hydroxyl groups is 2. The second-order valence-electron chi connectivity index (χ2n) is 14.1. The summed E-state index contributed by atoms with van der Waals surface area (Å²) in [5, 5.41) is 35.3. The Kier molecular flexibility index (Phi) is 8.34. The second kappa shape index (κ2) is 12.1. The van der Waals surface area contributed by atoms with Crippen molar-refractivity contribution in [1.29, 1.82) is 0 Å². The minimum Gasteiger partial charge on any atom is -0.507 e. The third-order valence-corrected chi connectivity index (χ3v) is 10.5. The smallest absolute Gasteiger partial charge is 0.198 e. The number of carbonyl (C=O) groups is 5. The first-order valence-electron chi connectivity index (χ1n) is 16.7. The molecule has 0 bridgehead atoms. The molecule has 0 amide bonds. The van der Waals surface area contributed by atoms with Gasteiger partial charge >= 0.3 is 0 Å². The van der Waals surface area contributed by atoms with Crippen molar-refractivity contribution >= 4 is 28.9 Å². The summed E-state index contributed by atoms with van der Waals surface area (Å²) in [6.07, 6.45) is 3.40. The molecular formula is C37H38O13. The van der Waals surface area contributed by atoms with Crippen LogP contribution in [-0.2, 0) is 38.1 Å². The van der Waals surface area contributed by atoms with E-state index in [2.05, 4.69) is 0 Å². The van der Waals surface area contributed by atoms with Gasteiger partial charge in [-0.25, -0.2) is 0 Å². The summed E-state index contributed by atoms with van der Waals surface area (Å²) in [5.74, 6) is -3.50. The average molecular weight is 691 g/mol. The lowest BCUT2D eigenvalue weighted by Crippen LogP contribution is -2.69. The van der Waals surface area contributed by atoms with Crippen LogP contribution in [0.25, 0.3) is 0 Å². The minimum absolute atomic E-state index is 0.151. The number of ketones is 5. The van der Waals surface area contributed by atoms with Gasteiger partial charge in [0, 0.05) is 29.5 Å². The maximum atomic E-state index is 14.1. The Labute approximate surface area is 287 Å². The van der Waals surface area contributed by atoms with E-state index in [0.717, 1.165) is 6.08 Å². The van der Waals surface area contributed by atoms with Crippen LogP contribution in [0.3, 0.4) is 0 Å². The van der Waals surface area contributed by atoms with Crippen LogP contribution >= 0.6 is 0 Å². The first-order chi connectivity index (χ1) is 23.5. The molecule has 3 heterocycles. The van der Waals surface area contributed by atoms with Crippen LogP contribution in [0, 0.1) is 0 Å². The standard InChI is InChI=1S/C37H38O13/c1-17-23(38)7-11-28(47-17)49-25-9-10-26(46-19(25)3)20-5-6-21-30(32(20)41)33(42)22-13-14-36(44)16-35(4,50-29-12-8-24(39)18(2)48-29)15-27(40)37(36,45)31(22)34(21)43/h5-8,11-14,17-19,25-26,28-29,41,44-45H,9-10,15-16H2,1-4H3/t17-,18-,19+,25-,26+,28-,29+,35-,36-,37-/m0/s1. The van der Waals surface area contributed by atoms with Gasteiger partial charge in [-0.3, -0.25) is 24.0 Å². The van der Waals surface area contributed by atoms with E-state index < -0.39 is 88.9 Å². The highest BCUT2D eigenvalue weighted by atomic mass is 16.7. The summed E-state index contributed by atoms with van der Waals surface area (Å²) in [6, 6.07) is 2.82. The van der Waals surface area contributed by atoms with Gasteiger partial charge < -0.3 is 39.0 Å². The van der Waals surface area contributed by atoms with Gasteiger partial charge in [0.2, 0.25) is 0 Å².